The third kappa shape index (κ3) is 5.56. The summed E-state index contributed by atoms with van der Waals surface area (Å²) in [4.78, 5) is 12.3. The Kier molecular flexibility index (Phi) is 6.57. The highest BCUT2D eigenvalue weighted by molar-refractivity contribution is 7.92. The van der Waals surface area contributed by atoms with Gasteiger partial charge >= 0.3 is 0 Å². The Hall–Kier alpha value is -2.41. The molecule has 0 heterocycles. The molecule has 0 saturated heterocycles. The van der Waals surface area contributed by atoms with Gasteiger partial charge in [0.2, 0.25) is 15.9 Å². The van der Waals surface area contributed by atoms with Crippen molar-refractivity contribution in [1.29, 1.82) is 0 Å². The zero-order valence-electron chi connectivity index (χ0n) is 16.8. The number of aryl methyl sites for hydroxylation is 2. The van der Waals surface area contributed by atoms with Crippen LogP contribution in [-0.2, 0) is 27.7 Å². The minimum absolute atomic E-state index is 0.100. The van der Waals surface area contributed by atoms with E-state index >= 15 is 0 Å². The van der Waals surface area contributed by atoms with Crippen LogP contribution in [0.15, 0.2) is 42.5 Å². The average Bonchev–Trinajstić information content (AvgIpc) is 3.13. The van der Waals surface area contributed by atoms with Crippen LogP contribution >= 0.6 is 0 Å². The molecule has 1 aliphatic rings. The van der Waals surface area contributed by atoms with Gasteiger partial charge in [-0.1, -0.05) is 18.2 Å². The number of sulfonamides is 1. The number of carbonyl (C=O) groups is 1. The molecule has 1 N–H and O–H groups in total. The minimum atomic E-state index is -3.52. The number of halogens is 1. The van der Waals surface area contributed by atoms with E-state index in [1.54, 1.807) is 0 Å². The van der Waals surface area contributed by atoms with Crippen molar-refractivity contribution < 1.29 is 17.6 Å². The van der Waals surface area contributed by atoms with E-state index in [0.29, 0.717) is 12.1 Å². The van der Waals surface area contributed by atoms with Crippen molar-refractivity contribution in [2.45, 2.75) is 45.1 Å². The van der Waals surface area contributed by atoms with Crippen LogP contribution in [-0.4, -0.2) is 27.1 Å². The van der Waals surface area contributed by atoms with Crippen LogP contribution in [0.25, 0.3) is 0 Å². The summed E-state index contributed by atoms with van der Waals surface area (Å²) in [6.07, 6.45) is 5.09. The van der Waals surface area contributed by atoms with Gasteiger partial charge in [-0.3, -0.25) is 9.10 Å². The molecule has 0 unspecified atom stereocenters. The normalized spacial score (nSPS) is 14.3. The van der Waals surface area contributed by atoms with Crippen molar-refractivity contribution in [1.82, 2.24) is 5.32 Å². The molecular formula is C22H27FN2O3S. The molecule has 0 aliphatic heterocycles. The first-order valence-corrected chi connectivity index (χ1v) is 11.7. The fourth-order valence-electron chi connectivity index (χ4n) is 3.74. The average molecular weight is 419 g/mol. The minimum Gasteiger partial charge on any atom is -0.350 e. The number of fused-ring (bicyclic) bond motifs is 1. The highest BCUT2D eigenvalue weighted by Gasteiger charge is 2.19. The van der Waals surface area contributed by atoms with Gasteiger partial charge in [0.05, 0.1) is 18.0 Å². The van der Waals surface area contributed by atoms with Crippen LogP contribution < -0.4 is 9.62 Å². The Morgan fingerprint density at radius 1 is 1.14 bits per heavy atom. The number of nitrogens with one attached hydrogen (secondary N) is 1. The van der Waals surface area contributed by atoms with Crippen molar-refractivity contribution in [2.75, 3.05) is 17.1 Å². The van der Waals surface area contributed by atoms with Gasteiger partial charge in [-0.2, -0.15) is 0 Å². The van der Waals surface area contributed by atoms with Crippen LogP contribution in [0.1, 0.15) is 48.9 Å². The predicted octanol–water partition coefficient (Wildman–Crippen LogP) is 3.74. The van der Waals surface area contributed by atoms with Crippen LogP contribution in [0.5, 0.6) is 0 Å². The molecule has 0 fully saturated rings. The Morgan fingerprint density at radius 3 is 2.52 bits per heavy atom. The van der Waals surface area contributed by atoms with Crippen molar-refractivity contribution in [3.05, 3.63) is 65.0 Å². The molecule has 5 nitrogen and oxygen atoms in total. The lowest BCUT2D eigenvalue weighted by Crippen LogP contribution is -2.32. The molecule has 7 heteroatoms. The zero-order valence-corrected chi connectivity index (χ0v) is 17.6. The van der Waals surface area contributed by atoms with E-state index in [9.17, 15) is 17.6 Å². The maximum atomic E-state index is 13.1. The second kappa shape index (κ2) is 8.95. The molecular weight excluding hydrogens is 391 g/mol. The number of hydrogen-bond donors (Lipinski definition) is 1. The largest absolute Gasteiger partial charge is 0.350 e. The molecule has 2 aromatic carbocycles. The summed E-state index contributed by atoms with van der Waals surface area (Å²) in [5, 5.41) is 2.99. The van der Waals surface area contributed by atoms with Gasteiger partial charge in [-0.25, -0.2) is 12.8 Å². The van der Waals surface area contributed by atoms with Gasteiger partial charge in [0.1, 0.15) is 5.82 Å². The second-order valence-corrected chi connectivity index (χ2v) is 9.49. The van der Waals surface area contributed by atoms with E-state index in [-0.39, 0.29) is 24.9 Å². The molecule has 1 amide bonds. The first-order chi connectivity index (χ1) is 13.7. The summed E-state index contributed by atoms with van der Waals surface area (Å²) >= 11 is 0. The number of hydrogen-bond acceptors (Lipinski definition) is 3. The van der Waals surface area contributed by atoms with E-state index in [1.807, 2.05) is 6.92 Å². The van der Waals surface area contributed by atoms with E-state index in [4.69, 9.17) is 0 Å². The number of carbonyl (C=O) groups excluding carboxylic acids is 1. The maximum absolute atomic E-state index is 13.1. The first kappa shape index (κ1) is 21.3. The van der Waals surface area contributed by atoms with Crippen LogP contribution in [0.2, 0.25) is 0 Å². The fourth-order valence-corrected chi connectivity index (χ4v) is 4.70. The molecule has 0 aromatic heterocycles. The number of anilines is 1. The van der Waals surface area contributed by atoms with Gasteiger partial charge in [0.15, 0.2) is 0 Å². The number of benzene rings is 2. The maximum Gasteiger partial charge on any atom is 0.232 e. The lowest BCUT2D eigenvalue weighted by Gasteiger charge is -2.22. The lowest BCUT2D eigenvalue weighted by atomic mass is 10.0. The summed E-state index contributed by atoms with van der Waals surface area (Å²) in [6, 6.07) is 11.6. The Labute approximate surface area is 172 Å². The molecule has 0 radical (unpaired) electrons. The quantitative estimate of drug-likeness (QED) is 0.710. The Balaban J connectivity index is 1.54. The molecule has 156 valence electrons. The van der Waals surface area contributed by atoms with Crippen LogP contribution in [0.3, 0.4) is 0 Å². The molecule has 0 spiro atoms. The SMILES string of the molecule is C[C@@H](NC(=O)CCCN(c1ccc(F)cc1)S(C)(=O)=O)c1ccc2c(c1)CCC2. The predicted molar refractivity (Wildman–Crippen MR) is 113 cm³/mol. The molecule has 2 aromatic rings. The van der Waals surface area contributed by atoms with Crippen molar-refractivity contribution in [3.8, 4) is 0 Å². The zero-order chi connectivity index (χ0) is 21.0. The highest BCUT2D eigenvalue weighted by atomic mass is 32.2. The Morgan fingerprint density at radius 2 is 1.83 bits per heavy atom. The fraction of sp³-hybridized carbons (Fsp3) is 0.409. The van der Waals surface area contributed by atoms with Crippen LogP contribution in [0, 0.1) is 5.82 Å². The monoisotopic (exact) mass is 418 g/mol. The molecule has 1 aliphatic carbocycles. The van der Waals surface area contributed by atoms with Gasteiger partial charge in [-0.05, 0) is 73.6 Å². The van der Waals surface area contributed by atoms with Gasteiger partial charge in [-0.15, -0.1) is 0 Å². The topological polar surface area (TPSA) is 66.5 Å². The van der Waals surface area contributed by atoms with Crippen molar-refractivity contribution in [3.63, 3.8) is 0 Å². The van der Waals surface area contributed by atoms with Gasteiger partial charge in [0, 0.05) is 13.0 Å². The molecule has 1 atom stereocenters. The van der Waals surface area contributed by atoms with E-state index in [0.717, 1.165) is 24.7 Å². The lowest BCUT2D eigenvalue weighted by molar-refractivity contribution is -0.121. The smallest absolute Gasteiger partial charge is 0.232 e. The summed E-state index contributed by atoms with van der Waals surface area (Å²) in [6.45, 7) is 2.11. The van der Waals surface area contributed by atoms with E-state index in [1.165, 1.54) is 46.1 Å². The molecule has 29 heavy (non-hydrogen) atoms. The summed E-state index contributed by atoms with van der Waals surface area (Å²) < 4.78 is 38.5. The third-order valence-corrected chi connectivity index (χ3v) is 6.47. The third-order valence-electron chi connectivity index (χ3n) is 5.28. The van der Waals surface area contributed by atoms with E-state index in [2.05, 4.69) is 23.5 Å². The van der Waals surface area contributed by atoms with Gasteiger partial charge < -0.3 is 5.32 Å². The number of nitrogens with zero attached hydrogens (tertiary/aromatic N) is 1. The van der Waals surface area contributed by atoms with Crippen molar-refractivity contribution in [2.24, 2.45) is 0 Å². The summed E-state index contributed by atoms with van der Waals surface area (Å²) in [5.41, 5.74) is 4.24. The summed E-state index contributed by atoms with van der Waals surface area (Å²) in [5.74, 6) is -0.548. The number of amides is 1. The standard InChI is InChI=1S/C22H27FN2O3S/c1-16(18-9-8-17-5-3-6-19(17)15-18)24-22(26)7-4-14-25(29(2,27)28)21-12-10-20(23)11-13-21/h8-13,15-16H,3-7,14H2,1-2H3,(H,24,26)/t16-/m1/s1. The summed E-state index contributed by atoms with van der Waals surface area (Å²) in [7, 11) is -3.52. The van der Waals surface area contributed by atoms with Crippen LogP contribution in [0.4, 0.5) is 10.1 Å². The van der Waals surface area contributed by atoms with Gasteiger partial charge in [0.25, 0.3) is 0 Å². The molecule has 0 saturated carbocycles. The molecule has 3 rings (SSSR count). The second-order valence-electron chi connectivity index (χ2n) is 7.59. The Bertz CT molecular complexity index is 974. The number of rotatable bonds is 8. The van der Waals surface area contributed by atoms with Crippen molar-refractivity contribution >= 4 is 21.6 Å². The molecule has 0 bridgehead atoms. The highest BCUT2D eigenvalue weighted by Crippen LogP contribution is 2.25. The first-order valence-electron chi connectivity index (χ1n) is 9.88. The van der Waals surface area contributed by atoms with E-state index < -0.39 is 15.8 Å².